The van der Waals surface area contributed by atoms with Crippen LogP contribution in [0, 0.1) is 18.3 Å². The molecule has 11 heteroatoms. The molecular weight excluding hydrogens is 488 g/mol. The molecule has 0 aromatic heterocycles. The predicted octanol–water partition coefficient (Wildman–Crippen LogP) is 4.44. The first-order valence-corrected chi connectivity index (χ1v) is 13.1. The lowest BCUT2D eigenvalue weighted by atomic mass is 10.1. The first-order valence-electron chi connectivity index (χ1n) is 10.9. The van der Waals surface area contributed by atoms with Gasteiger partial charge in [-0.2, -0.15) is 23.5 Å². The number of amides is 1. The normalized spacial score (nSPS) is 16.9. The third-order valence-corrected chi connectivity index (χ3v) is 7.51. The summed E-state index contributed by atoms with van der Waals surface area (Å²) < 4.78 is 36.4. The Balaban J connectivity index is 1.65. The fourth-order valence-corrected chi connectivity index (χ4v) is 5.06. The van der Waals surface area contributed by atoms with Gasteiger partial charge in [0.15, 0.2) is 17.3 Å². The summed E-state index contributed by atoms with van der Waals surface area (Å²) in [5.74, 6) is -0.283. The van der Waals surface area contributed by atoms with Crippen LogP contribution >= 0.6 is 11.8 Å². The molecule has 1 amide bonds. The maximum atomic E-state index is 12.7. The first-order chi connectivity index (χ1) is 16.6. The molecule has 2 aromatic carbocycles. The summed E-state index contributed by atoms with van der Waals surface area (Å²) in [5.41, 5.74) is 1.50. The lowest BCUT2D eigenvalue weighted by molar-refractivity contribution is -0.114. The molecule has 9 nitrogen and oxygen atoms in total. The molecule has 0 saturated heterocycles. The first kappa shape index (κ1) is 24.7. The van der Waals surface area contributed by atoms with Crippen LogP contribution in [0.5, 0.6) is 11.5 Å². The van der Waals surface area contributed by atoms with Crippen LogP contribution in [0.15, 0.2) is 63.0 Å². The minimum absolute atomic E-state index is 0.0158. The Morgan fingerprint density at radius 1 is 1.14 bits per heavy atom. The van der Waals surface area contributed by atoms with E-state index in [9.17, 15) is 13.2 Å². The molecule has 35 heavy (non-hydrogen) atoms. The van der Waals surface area contributed by atoms with Crippen molar-refractivity contribution in [2.45, 2.75) is 32.6 Å². The van der Waals surface area contributed by atoms with Crippen LogP contribution in [-0.2, 0) is 14.9 Å². The van der Waals surface area contributed by atoms with Crippen molar-refractivity contribution in [3.63, 3.8) is 0 Å². The number of hydrazone groups is 1. The van der Waals surface area contributed by atoms with Crippen LogP contribution in [0.3, 0.4) is 0 Å². The molecule has 1 N–H and O–H groups in total. The third-order valence-electron chi connectivity index (χ3n) is 5.05. The van der Waals surface area contributed by atoms with Gasteiger partial charge in [0.2, 0.25) is 5.17 Å². The summed E-state index contributed by atoms with van der Waals surface area (Å²) in [5, 5.41) is 15.4. The van der Waals surface area contributed by atoms with Crippen LogP contribution in [0.25, 0.3) is 6.08 Å². The molecule has 0 bridgehead atoms. The van der Waals surface area contributed by atoms with E-state index >= 15 is 0 Å². The van der Waals surface area contributed by atoms with Gasteiger partial charge in [-0.3, -0.25) is 10.2 Å². The summed E-state index contributed by atoms with van der Waals surface area (Å²) in [7, 11) is -4.08. The van der Waals surface area contributed by atoms with Gasteiger partial charge in [-0.1, -0.05) is 37.6 Å². The highest BCUT2D eigenvalue weighted by atomic mass is 32.2. The monoisotopic (exact) mass is 512 g/mol. The predicted molar refractivity (Wildman–Crippen MR) is 136 cm³/mol. The van der Waals surface area contributed by atoms with Gasteiger partial charge in [0.05, 0.1) is 12.2 Å². The van der Waals surface area contributed by atoms with E-state index in [0.717, 1.165) is 10.6 Å². The van der Waals surface area contributed by atoms with E-state index in [2.05, 4.69) is 10.1 Å². The molecule has 0 atom stereocenters. The number of rotatable bonds is 7. The molecular formula is C24H24N4O5S2. The number of ether oxygens (including phenoxy) is 1. The Morgan fingerprint density at radius 2 is 1.86 bits per heavy atom. The second-order valence-electron chi connectivity index (χ2n) is 8.10. The average Bonchev–Trinajstić information content (AvgIpc) is 3.23. The number of nitrogens with zero attached hydrogens (tertiary/aromatic N) is 3. The Bertz CT molecular complexity index is 1390. The van der Waals surface area contributed by atoms with Crippen molar-refractivity contribution >= 4 is 49.9 Å². The number of hydrogen-bond donors (Lipinski definition) is 1. The van der Waals surface area contributed by atoms with Gasteiger partial charge in [0.25, 0.3) is 5.91 Å². The SMILES string of the molecule is CCOc1cc(C=C2C(=N)N3N=C(C(C)C)SC3=NC2=O)ccc1OS(=O)(=O)c1ccc(C)cc1. The van der Waals surface area contributed by atoms with Gasteiger partial charge in [-0.25, -0.2) is 0 Å². The molecule has 4 rings (SSSR count). The molecule has 2 aromatic rings. The van der Waals surface area contributed by atoms with E-state index in [1.807, 2.05) is 20.8 Å². The van der Waals surface area contributed by atoms with E-state index < -0.39 is 16.0 Å². The molecule has 0 spiro atoms. The van der Waals surface area contributed by atoms with Crippen LogP contribution in [0.4, 0.5) is 0 Å². The molecule has 0 fully saturated rings. The smallest absolute Gasteiger partial charge is 0.339 e. The van der Waals surface area contributed by atoms with Crippen LogP contribution < -0.4 is 8.92 Å². The minimum atomic E-state index is -4.08. The molecule has 2 aliphatic rings. The highest BCUT2D eigenvalue weighted by molar-refractivity contribution is 8.27. The Morgan fingerprint density at radius 3 is 2.51 bits per heavy atom. The molecule has 0 saturated carbocycles. The standard InChI is InChI=1S/C24H24N4O5S2/c1-5-32-20-13-16(8-11-19(20)33-35(30,31)17-9-6-15(4)7-10-17)12-18-21(25)28-24(26-22(18)29)34-23(27-28)14(2)3/h6-14,25H,5H2,1-4H3. The zero-order chi connectivity index (χ0) is 25.3. The van der Waals surface area contributed by atoms with Gasteiger partial charge in [-0.05, 0) is 61.5 Å². The van der Waals surface area contributed by atoms with Crippen LogP contribution in [-0.4, -0.2) is 42.0 Å². The molecule has 0 radical (unpaired) electrons. The third kappa shape index (κ3) is 5.15. The lowest BCUT2D eigenvalue weighted by Gasteiger charge is -2.20. The highest BCUT2D eigenvalue weighted by Gasteiger charge is 2.36. The molecule has 2 aliphatic heterocycles. The lowest BCUT2D eigenvalue weighted by Crippen LogP contribution is -2.35. The molecule has 2 heterocycles. The Hall–Kier alpha value is -3.44. The average molecular weight is 513 g/mol. The number of hydrogen-bond acceptors (Lipinski definition) is 8. The number of aliphatic imine (C=N–C) groups is 1. The summed E-state index contributed by atoms with van der Waals surface area (Å²) in [6, 6.07) is 10.9. The largest absolute Gasteiger partial charge is 0.490 e. The van der Waals surface area contributed by atoms with E-state index in [1.54, 1.807) is 31.2 Å². The van der Waals surface area contributed by atoms with Crippen molar-refractivity contribution in [2.24, 2.45) is 16.0 Å². The number of carbonyl (C=O) groups is 1. The summed E-state index contributed by atoms with van der Waals surface area (Å²) >= 11 is 1.28. The van der Waals surface area contributed by atoms with E-state index in [4.69, 9.17) is 14.3 Å². The number of benzene rings is 2. The van der Waals surface area contributed by atoms with Crippen molar-refractivity contribution in [3.05, 3.63) is 59.2 Å². The molecule has 182 valence electrons. The van der Waals surface area contributed by atoms with Gasteiger partial charge < -0.3 is 8.92 Å². The van der Waals surface area contributed by atoms with Gasteiger partial charge in [-0.15, -0.1) is 0 Å². The number of fused-ring (bicyclic) bond motifs is 1. The van der Waals surface area contributed by atoms with Gasteiger partial charge in [0, 0.05) is 5.92 Å². The Labute approximate surface area is 208 Å². The topological polar surface area (TPSA) is 121 Å². The maximum absolute atomic E-state index is 12.7. The summed E-state index contributed by atoms with van der Waals surface area (Å²) in [6.45, 7) is 7.84. The van der Waals surface area contributed by atoms with E-state index in [0.29, 0.717) is 10.7 Å². The summed E-state index contributed by atoms with van der Waals surface area (Å²) in [6.07, 6.45) is 1.50. The van der Waals surface area contributed by atoms with Crippen LogP contribution in [0.2, 0.25) is 0 Å². The molecule has 0 unspecified atom stereocenters. The fraction of sp³-hybridized carbons (Fsp3) is 0.250. The number of aryl methyl sites for hydroxylation is 1. The number of nitrogens with one attached hydrogen (secondary N) is 1. The number of carbonyl (C=O) groups excluding carboxylic acids is 1. The van der Waals surface area contributed by atoms with Crippen molar-refractivity contribution in [1.82, 2.24) is 5.01 Å². The Kier molecular flexibility index (Phi) is 6.82. The van der Waals surface area contributed by atoms with Crippen molar-refractivity contribution < 1.29 is 22.1 Å². The van der Waals surface area contributed by atoms with Gasteiger partial charge >= 0.3 is 10.1 Å². The second-order valence-corrected chi connectivity index (χ2v) is 10.6. The van der Waals surface area contributed by atoms with Gasteiger partial charge in [0.1, 0.15) is 9.94 Å². The van der Waals surface area contributed by atoms with E-state index in [1.165, 1.54) is 41.0 Å². The highest BCUT2D eigenvalue weighted by Crippen LogP contribution is 2.34. The zero-order valence-electron chi connectivity index (χ0n) is 19.6. The van der Waals surface area contributed by atoms with Crippen molar-refractivity contribution in [2.75, 3.05) is 6.61 Å². The maximum Gasteiger partial charge on any atom is 0.339 e. The molecule has 0 aliphatic carbocycles. The number of amidine groups is 2. The summed E-state index contributed by atoms with van der Waals surface area (Å²) in [4.78, 5) is 16.8. The number of thioether (sulfide) groups is 1. The van der Waals surface area contributed by atoms with Crippen molar-refractivity contribution in [1.29, 1.82) is 5.41 Å². The fourth-order valence-electron chi connectivity index (χ4n) is 3.23. The van der Waals surface area contributed by atoms with Crippen LogP contribution in [0.1, 0.15) is 31.9 Å². The second kappa shape index (κ2) is 9.67. The minimum Gasteiger partial charge on any atom is -0.490 e. The van der Waals surface area contributed by atoms with Crippen molar-refractivity contribution in [3.8, 4) is 11.5 Å². The quantitative estimate of drug-likeness (QED) is 0.430. The zero-order valence-corrected chi connectivity index (χ0v) is 21.2. The van der Waals surface area contributed by atoms with E-state index in [-0.39, 0.29) is 40.3 Å².